The second kappa shape index (κ2) is 7.56. The summed E-state index contributed by atoms with van der Waals surface area (Å²) in [6, 6.07) is 14.0. The molecule has 4 nitrogen and oxygen atoms in total. The second-order valence-corrected chi connectivity index (χ2v) is 5.38. The fourth-order valence-electron chi connectivity index (χ4n) is 1.73. The average Bonchev–Trinajstić information content (AvgIpc) is 2.52. The van der Waals surface area contributed by atoms with Crippen LogP contribution in [0.25, 0.3) is 6.08 Å². The number of halogens is 1. The highest BCUT2D eigenvalue weighted by atomic mass is 79.9. The highest BCUT2D eigenvalue weighted by Gasteiger charge is 2.05. The number of ether oxygens (including phenoxy) is 1. The van der Waals surface area contributed by atoms with Crippen molar-refractivity contribution in [2.45, 2.75) is 0 Å². The van der Waals surface area contributed by atoms with E-state index in [4.69, 9.17) is 9.84 Å². The van der Waals surface area contributed by atoms with E-state index in [0.29, 0.717) is 11.3 Å². The normalized spacial score (nSPS) is 10.6. The zero-order valence-electron chi connectivity index (χ0n) is 11.5. The van der Waals surface area contributed by atoms with Gasteiger partial charge in [0.25, 0.3) is 0 Å². The lowest BCUT2D eigenvalue weighted by atomic mass is 10.1. The first-order chi connectivity index (χ1) is 10.5. The number of benzene rings is 2. The highest BCUT2D eigenvalue weighted by Crippen LogP contribution is 2.15. The molecule has 112 valence electrons. The van der Waals surface area contributed by atoms with Crippen LogP contribution in [0.2, 0.25) is 0 Å². The summed E-state index contributed by atoms with van der Waals surface area (Å²) < 4.78 is 6.02. The van der Waals surface area contributed by atoms with Crippen molar-refractivity contribution in [3.05, 3.63) is 70.2 Å². The molecule has 1 N–H and O–H groups in total. The van der Waals surface area contributed by atoms with E-state index in [9.17, 15) is 9.59 Å². The minimum Gasteiger partial charge on any atom is -0.482 e. The maximum atomic E-state index is 12.1. The monoisotopic (exact) mass is 360 g/mol. The summed E-state index contributed by atoms with van der Waals surface area (Å²) in [5, 5.41) is 8.58. The third-order valence-electron chi connectivity index (χ3n) is 2.78. The minimum atomic E-state index is -1.06. The standard InChI is InChI=1S/C17H13BrO4/c18-14-7-4-12(5-8-14)6-9-16(19)13-2-1-3-15(10-13)22-11-17(20)21/h1-10H,11H2,(H,20,21)/b9-6+. The van der Waals surface area contributed by atoms with E-state index < -0.39 is 12.6 Å². The number of rotatable bonds is 6. The van der Waals surface area contributed by atoms with Crippen LogP contribution < -0.4 is 4.74 Å². The Morgan fingerprint density at radius 3 is 2.55 bits per heavy atom. The molecule has 0 saturated heterocycles. The molecule has 0 spiro atoms. The molecule has 0 aromatic heterocycles. The summed E-state index contributed by atoms with van der Waals surface area (Å²) in [5.74, 6) is -0.888. The zero-order valence-corrected chi connectivity index (χ0v) is 13.1. The summed E-state index contributed by atoms with van der Waals surface area (Å²) in [6.07, 6.45) is 3.19. The molecule has 0 fully saturated rings. The maximum absolute atomic E-state index is 12.1. The minimum absolute atomic E-state index is 0.177. The summed E-state index contributed by atoms with van der Waals surface area (Å²) >= 11 is 3.35. The van der Waals surface area contributed by atoms with E-state index in [-0.39, 0.29) is 5.78 Å². The molecule has 2 rings (SSSR count). The Labute approximate surface area is 136 Å². The van der Waals surface area contributed by atoms with Gasteiger partial charge in [-0.15, -0.1) is 0 Å². The van der Waals surface area contributed by atoms with Crippen LogP contribution in [0.3, 0.4) is 0 Å². The molecule has 0 aliphatic heterocycles. The van der Waals surface area contributed by atoms with Crippen molar-refractivity contribution in [2.24, 2.45) is 0 Å². The number of carbonyl (C=O) groups is 2. The molecule has 0 heterocycles. The molecular formula is C17H13BrO4. The van der Waals surface area contributed by atoms with Crippen LogP contribution >= 0.6 is 15.9 Å². The first kappa shape index (κ1) is 16.0. The van der Waals surface area contributed by atoms with Crippen molar-refractivity contribution in [3.63, 3.8) is 0 Å². The number of allylic oxidation sites excluding steroid dienone is 1. The molecule has 5 heteroatoms. The number of carboxylic acids is 1. The van der Waals surface area contributed by atoms with E-state index >= 15 is 0 Å². The quantitative estimate of drug-likeness (QED) is 0.628. The van der Waals surface area contributed by atoms with Crippen molar-refractivity contribution in [1.29, 1.82) is 0 Å². The van der Waals surface area contributed by atoms with Gasteiger partial charge in [0.1, 0.15) is 5.75 Å². The Hall–Kier alpha value is -2.40. The SMILES string of the molecule is O=C(O)COc1cccc(C(=O)/C=C/c2ccc(Br)cc2)c1. The molecule has 0 atom stereocenters. The van der Waals surface area contributed by atoms with Crippen LogP contribution in [-0.4, -0.2) is 23.5 Å². The highest BCUT2D eigenvalue weighted by molar-refractivity contribution is 9.10. The van der Waals surface area contributed by atoms with Gasteiger partial charge in [0, 0.05) is 10.0 Å². The lowest BCUT2D eigenvalue weighted by Crippen LogP contribution is -2.09. The van der Waals surface area contributed by atoms with E-state index in [0.717, 1.165) is 10.0 Å². The number of hydrogen-bond acceptors (Lipinski definition) is 3. The van der Waals surface area contributed by atoms with Gasteiger partial charge in [-0.2, -0.15) is 0 Å². The number of ketones is 1. The molecule has 0 amide bonds. The Morgan fingerprint density at radius 2 is 1.86 bits per heavy atom. The van der Waals surface area contributed by atoms with Gasteiger partial charge in [0.2, 0.25) is 0 Å². The van der Waals surface area contributed by atoms with Crippen molar-refractivity contribution < 1.29 is 19.4 Å². The van der Waals surface area contributed by atoms with Crippen LogP contribution in [0.4, 0.5) is 0 Å². The number of hydrogen-bond donors (Lipinski definition) is 1. The van der Waals surface area contributed by atoms with E-state index in [1.807, 2.05) is 24.3 Å². The Morgan fingerprint density at radius 1 is 1.14 bits per heavy atom. The lowest BCUT2D eigenvalue weighted by molar-refractivity contribution is -0.139. The van der Waals surface area contributed by atoms with Crippen LogP contribution in [0, 0.1) is 0 Å². The van der Waals surface area contributed by atoms with Gasteiger partial charge in [-0.05, 0) is 35.9 Å². The van der Waals surface area contributed by atoms with Crippen molar-refractivity contribution in [1.82, 2.24) is 0 Å². The number of carboxylic acid groups (broad SMARTS) is 1. The first-order valence-corrected chi connectivity index (χ1v) is 7.26. The molecule has 0 aliphatic rings. The average molecular weight is 361 g/mol. The predicted octanol–water partition coefficient (Wildman–Crippen LogP) is 3.81. The molecule has 0 saturated carbocycles. The van der Waals surface area contributed by atoms with Crippen molar-refractivity contribution >= 4 is 33.8 Å². The lowest BCUT2D eigenvalue weighted by Gasteiger charge is -2.04. The Balaban J connectivity index is 2.07. The fraction of sp³-hybridized carbons (Fsp3) is 0.0588. The maximum Gasteiger partial charge on any atom is 0.341 e. The molecule has 0 bridgehead atoms. The second-order valence-electron chi connectivity index (χ2n) is 4.46. The Bertz CT molecular complexity index is 705. The molecule has 0 aliphatic carbocycles. The van der Waals surface area contributed by atoms with Crippen molar-refractivity contribution in [3.8, 4) is 5.75 Å². The third-order valence-corrected chi connectivity index (χ3v) is 3.31. The van der Waals surface area contributed by atoms with Gasteiger partial charge in [-0.25, -0.2) is 4.79 Å². The summed E-state index contributed by atoms with van der Waals surface area (Å²) in [5.41, 5.74) is 1.35. The predicted molar refractivity (Wildman–Crippen MR) is 87.1 cm³/mol. The summed E-state index contributed by atoms with van der Waals surface area (Å²) in [6.45, 7) is -0.438. The molecule has 22 heavy (non-hydrogen) atoms. The molecule has 0 unspecified atom stereocenters. The van der Waals surface area contributed by atoms with Crippen molar-refractivity contribution in [2.75, 3.05) is 6.61 Å². The fourth-order valence-corrected chi connectivity index (χ4v) is 1.99. The van der Waals surface area contributed by atoms with Gasteiger partial charge in [-0.1, -0.05) is 46.3 Å². The summed E-state index contributed by atoms with van der Waals surface area (Å²) in [4.78, 5) is 22.6. The van der Waals surface area contributed by atoms with Gasteiger partial charge in [0.05, 0.1) is 0 Å². The number of aliphatic carboxylic acids is 1. The van der Waals surface area contributed by atoms with E-state index in [2.05, 4.69) is 15.9 Å². The first-order valence-electron chi connectivity index (χ1n) is 6.47. The smallest absolute Gasteiger partial charge is 0.341 e. The zero-order chi connectivity index (χ0) is 15.9. The van der Waals surface area contributed by atoms with E-state index in [1.165, 1.54) is 12.1 Å². The van der Waals surface area contributed by atoms with Crippen LogP contribution in [0.15, 0.2) is 59.1 Å². The third kappa shape index (κ3) is 4.86. The van der Waals surface area contributed by atoms with Gasteiger partial charge >= 0.3 is 5.97 Å². The van der Waals surface area contributed by atoms with Gasteiger partial charge in [-0.3, -0.25) is 4.79 Å². The molecule has 2 aromatic rings. The van der Waals surface area contributed by atoms with E-state index in [1.54, 1.807) is 24.3 Å². The Kier molecular flexibility index (Phi) is 5.49. The number of carbonyl (C=O) groups excluding carboxylic acids is 1. The molecule has 2 aromatic carbocycles. The summed E-state index contributed by atoms with van der Waals surface area (Å²) in [7, 11) is 0. The van der Waals surface area contributed by atoms with Gasteiger partial charge in [0.15, 0.2) is 12.4 Å². The van der Waals surface area contributed by atoms with Crippen LogP contribution in [0.1, 0.15) is 15.9 Å². The van der Waals surface area contributed by atoms with Crippen LogP contribution in [-0.2, 0) is 4.79 Å². The topological polar surface area (TPSA) is 63.6 Å². The van der Waals surface area contributed by atoms with Gasteiger partial charge < -0.3 is 9.84 Å². The molecular weight excluding hydrogens is 348 g/mol. The molecule has 0 radical (unpaired) electrons. The largest absolute Gasteiger partial charge is 0.482 e. The van der Waals surface area contributed by atoms with Crippen LogP contribution in [0.5, 0.6) is 5.75 Å².